The monoisotopic (exact) mass is 191 g/mol. The Kier molecular flexibility index (Phi) is 1.68. The van der Waals surface area contributed by atoms with Crippen molar-refractivity contribution in [3.8, 4) is 0 Å². The Morgan fingerprint density at radius 3 is 3.00 bits per heavy atom. The molecule has 0 amide bonds. The molecule has 2 heteroatoms. The van der Waals surface area contributed by atoms with E-state index in [1.165, 1.54) is 11.1 Å². The van der Waals surface area contributed by atoms with Gasteiger partial charge in [-0.15, -0.1) is 0 Å². The third-order valence-corrected chi connectivity index (χ3v) is 3.84. The molecule has 0 bridgehead atoms. The number of nitrogens with one attached hydrogen (secondary N) is 1. The van der Waals surface area contributed by atoms with E-state index in [4.69, 9.17) is 0 Å². The minimum Gasteiger partial charge on any atom is -0.316 e. The maximum Gasteiger partial charge on any atom is 0.123 e. The zero-order valence-electron chi connectivity index (χ0n) is 8.26. The molecule has 1 aromatic rings. The Morgan fingerprint density at radius 1 is 1.29 bits per heavy atom. The highest BCUT2D eigenvalue weighted by atomic mass is 19.1. The van der Waals surface area contributed by atoms with E-state index in [2.05, 4.69) is 12.2 Å². The Hall–Kier alpha value is -0.890. The first-order valence-corrected chi connectivity index (χ1v) is 5.27. The Labute approximate surface area is 83.3 Å². The van der Waals surface area contributed by atoms with Gasteiger partial charge in [0.05, 0.1) is 0 Å². The highest BCUT2D eigenvalue weighted by Crippen LogP contribution is 2.47. The highest BCUT2D eigenvalue weighted by molar-refractivity contribution is 5.41. The van der Waals surface area contributed by atoms with Gasteiger partial charge in [0, 0.05) is 12.5 Å². The molecule has 14 heavy (non-hydrogen) atoms. The van der Waals surface area contributed by atoms with Gasteiger partial charge < -0.3 is 5.32 Å². The minimum atomic E-state index is -0.0940. The molecule has 1 aliphatic heterocycles. The van der Waals surface area contributed by atoms with Crippen LogP contribution < -0.4 is 5.32 Å². The molecule has 1 N–H and O–H groups in total. The van der Waals surface area contributed by atoms with E-state index in [1.807, 2.05) is 6.07 Å². The first-order chi connectivity index (χ1) is 6.77. The smallest absolute Gasteiger partial charge is 0.123 e. The molecule has 3 atom stereocenters. The number of hydrogen-bond acceptors (Lipinski definition) is 1. The summed E-state index contributed by atoms with van der Waals surface area (Å²) < 4.78 is 13.1. The summed E-state index contributed by atoms with van der Waals surface area (Å²) >= 11 is 0. The molecule has 1 aromatic carbocycles. The van der Waals surface area contributed by atoms with Gasteiger partial charge in [0.25, 0.3) is 0 Å². The van der Waals surface area contributed by atoms with Gasteiger partial charge in [0.1, 0.15) is 5.82 Å². The molecule has 1 fully saturated rings. The van der Waals surface area contributed by atoms with Crippen molar-refractivity contribution in [2.24, 2.45) is 5.92 Å². The lowest BCUT2D eigenvalue weighted by molar-refractivity contribution is 0.487. The number of hydrogen-bond donors (Lipinski definition) is 1. The van der Waals surface area contributed by atoms with Crippen molar-refractivity contribution >= 4 is 0 Å². The minimum absolute atomic E-state index is 0.0940. The molecule has 1 nitrogen and oxygen atoms in total. The van der Waals surface area contributed by atoms with Gasteiger partial charge in [-0.2, -0.15) is 0 Å². The van der Waals surface area contributed by atoms with E-state index in [1.54, 1.807) is 12.1 Å². The van der Waals surface area contributed by atoms with Crippen molar-refractivity contribution in [1.29, 1.82) is 0 Å². The second-order valence-electron chi connectivity index (χ2n) is 4.49. The van der Waals surface area contributed by atoms with Gasteiger partial charge in [0.15, 0.2) is 0 Å². The number of benzene rings is 1. The third-order valence-electron chi connectivity index (χ3n) is 3.84. The molecular formula is C12H14FN. The topological polar surface area (TPSA) is 12.0 Å². The molecule has 0 radical (unpaired) electrons. The van der Waals surface area contributed by atoms with Crippen LogP contribution in [0.5, 0.6) is 0 Å². The summed E-state index contributed by atoms with van der Waals surface area (Å²) in [6.45, 7) is 4.36. The van der Waals surface area contributed by atoms with Gasteiger partial charge in [-0.05, 0) is 41.6 Å². The molecular weight excluding hydrogens is 177 g/mol. The fourth-order valence-corrected chi connectivity index (χ4v) is 3.08. The van der Waals surface area contributed by atoms with Gasteiger partial charge in [-0.25, -0.2) is 4.39 Å². The van der Waals surface area contributed by atoms with Crippen LogP contribution in [-0.2, 0) is 0 Å². The van der Waals surface area contributed by atoms with Crippen LogP contribution in [-0.4, -0.2) is 13.1 Å². The highest BCUT2D eigenvalue weighted by Gasteiger charge is 2.40. The quantitative estimate of drug-likeness (QED) is 0.663. The summed E-state index contributed by atoms with van der Waals surface area (Å²) in [6, 6.07) is 5.28. The Bertz CT molecular complexity index is 375. The van der Waals surface area contributed by atoms with E-state index in [-0.39, 0.29) is 5.82 Å². The van der Waals surface area contributed by atoms with Crippen molar-refractivity contribution in [2.45, 2.75) is 18.8 Å². The van der Waals surface area contributed by atoms with Crippen LogP contribution in [0.1, 0.15) is 29.9 Å². The second kappa shape index (κ2) is 2.80. The molecule has 0 aromatic heterocycles. The van der Waals surface area contributed by atoms with E-state index < -0.39 is 0 Å². The van der Waals surface area contributed by atoms with E-state index in [9.17, 15) is 4.39 Å². The molecule has 0 spiro atoms. The summed E-state index contributed by atoms with van der Waals surface area (Å²) in [7, 11) is 0. The predicted octanol–water partition coefficient (Wildman–Crippen LogP) is 2.25. The number of halogens is 1. The van der Waals surface area contributed by atoms with Gasteiger partial charge in [-0.1, -0.05) is 13.0 Å². The fourth-order valence-electron chi connectivity index (χ4n) is 3.08. The zero-order chi connectivity index (χ0) is 9.71. The van der Waals surface area contributed by atoms with E-state index in [0.29, 0.717) is 17.8 Å². The molecule has 74 valence electrons. The van der Waals surface area contributed by atoms with Crippen molar-refractivity contribution in [3.63, 3.8) is 0 Å². The zero-order valence-corrected chi connectivity index (χ0v) is 8.26. The number of rotatable bonds is 0. The van der Waals surface area contributed by atoms with Crippen molar-refractivity contribution < 1.29 is 4.39 Å². The van der Waals surface area contributed by atoms with Crippen LogP contribution in [0, 0.1) is 11.7 Å². The molecule has 1 saturated heterocycles. The molecule has 0 saturated carbocycles. The van der Waals surface area contributed by atoms with Crippen LogP contribution in [0.4, 0.5) is 4.39 Å². The van der Waals surface area contributed by atoms with E-state index in [0.717, 1.165) is 13.1 Å². The lowest BCUT2D eigenvalue weighted by Crippen LogP contribution is -2.12. The standard InChI is InChI=1S/C12H14FN/c1-7-9-3-2-8(13)4-10(9)12-6-14-5-11(7)12/h2-4,7,11-12,14H,5-6H2,1H3/t7-,11-,12+/m1/s1. The van der Waals surface area contributed by atoms with Crippen molar-refractivity contribution in [2.75, 3.05) is 13.1 Å². The first-order valence-electron chi connectivity index (χ1n) is 5.27. The fraction of sp³-hybridized carbons (Fsp3) is 0.500. The Balaban J connectivity index is 2.13. The summed E-state index contributed by atoms with van der Waals surface area (Å²) in [6.07, 6.45) is 0. The molecule has 1 heterocycles. The average Bonchev–Trinajstić information content (AvgIpc) is 2.71. The first kappa shape index (κ1) is 8.42. The van der Waals surface area contributed by atoms with Crippen molar-refractivity contribution in [1.82, 2.24) is 5.32 Å². The van der Waals surface area contributed by atoms with Gasteiger partial charge in [-0.3, -0.25) is 0 Å². The molecule has 2 aliphatic rings. The predicted molar refractivity (Wildman–Crippen MR) is 53.9 cm³/mol. The summed E-state index contributed by atoms with van der Waals surface area (Å²) in [5, 5.41) is 3.39. The SMILES string of the molecule is C[C@@H]1c2ccc(F)cc2[C@@H]2CNC[C@H]12. The van der Waals surface area contributed by atoms with Gasteiger partial charge in [0.2, 0.25) is 0 Å². The lowest BCUT2D eigenvalue weighted by atomic mass is 9.91. The third kappa shape index (κ3) is 0.976. The van der Waals surface area contributed by atoms with Crippen LogP contribution in [0.15, 0.2) is 18.2 Å². The second-order valence-corrected chi connectivity index (χ2v) is 4.49. The van der Waals surface area contributed by atoms with Crippen molar-refractivity contribution in [3.05, 3.63) is 35.1 Å². The largest absolute Gasteiger partial charge is 0.316 e. The maximum absolute atomic E-state index is 13.1. The van der Waals surface area contributed by atoms with Crippen LogP contribution in [0.3, 0.4) is 0 Å². The van der Waals surface area contributed by atoms with Crippen LogP contribution in [0.2, 0.25) is 0 Å². The molecule has 3 rings (SSSR count). The maximum atomic E-state index is 13.1. The van der Waals surface area contributed by atoms with Crippen LogP contribution in [0.25, 0.3) is 0 Å². The van der Waals surface area contributed by atoms with Gasteiger partial charge >= 0.3 is 0 Å². The van der Waals surface area contributed by atoms with Crippen LogP contribution >= 0.6 is 0 Å². The Morgan fingerprint density at radius 2 is 2.14 bits per heavy atom. The summed E-state index contributed by atoms with van der Waals surface area (Å²) in [5.41, 5.74) is 2.61. The molecule has 1 aliphatic carbocycles. The molecule has 0 unspecified atom stereocenters. The lowest BCUT2D eigenvalue weighted by Gasteiger charge is -2.12. The van der Waals surface area contributed by atoms with E-state index >= 15 is 0 Å². The summed E-state index contributed by atoms with van der Waals surface area (Å²) in [5.74, 6) is 1.73. The normalized spacial score (nSPS) is 34.3. The number of fused-ring (bicyclic) bond motifs is 3. The average molecular weight is 191 g/mol. The summed E-state index contributed by atoms with van der Waals surface area (Å²) in [4.78, 5) is 0.